The predicted octanol–water partition coefficient (Wildman–Crippen LogP) is -0.395. The van der Waals surface area contributed by atoms with Crippen molar-refractivity contribution in [3.8, 4) is 5.75 Å². The standard InChI is InChI=1S/C10H14NO7P/c11-8(10(13)14)4-6-1-2-9(7(3-6)5-12)18-19(15,16)17/h1-3,8,12H,4-5,11H2,(H,13,14)(H2,15,16,17)/t8-/m0/s1. The minimum absolute atomic E-state index is 0.0263. The van der Waals surface area contributed by atoms with Crippen LogP contribution in [0, 0.1) is 0 Å². The van der Waals surface area contributed by atoms with Crippen LogP contribution in [0.2, 0.25) is 0 Å². The number of phosphoric acid groups is 1. The molecular weight excluding hydrogens is 277 g/mol. The summed E-state index contributed by atoms with van der Waals surface area (Å²) in [6.45, 7) is -0.508. The number of phosphoric ester groups is 1. The van der Waals surface area contributed by atoms with Crippen LogP contribution in [0.1, 0.15) is 11.1 Å². The maximum Gasteiger partial charge on any atom is 0.524 e. The van der Waals surface area contributed by atoms with E-state index < -0.39 is 26.4 Å². The number of aliphatic hydroxyl groups is 1. The molecule has 0 bridgehead atoms. The van der Waals surface area contributed by atoms with E-state index >= 15 is 0 Å². The predicted molar refractivity (Wildman–Crippen MR) is 64.4 cm³/mol. The number of aliphatic carboxylic acids is 1. The van der Waals surface area contributed by atoms with Crippen LogP contribution in [0.5, 0.6) is 5.75 Å². The van der Waals surface area contributed by atoms with E-state index in [0.29, 0.717) is 5.56 Å². The molecule has 0 aliphatic rings. The molecule has 0 aromatic heterocycles. The van der Waals surface area contributed by atoms with Crippen LogP contribution in [0.3, 0.4) is 0 Å². The van der Waals surface area contributed by atoms with Crippen molar-refractivity contribution in [3.63, 3.8) is 0 Å². The Balaban J connectivity index is 2.96. The lowest BCUT2D eigenvalue weighted by Crippen LogP contribution is -2.32. The molecule has 8 nitrogen and oxygen atoms in total. The van der Waals surface area contributed by atoms with Gasteiger partial charge in [-0.25, -0.2) is 4.57 Å². The van der Waals surface area contributed by atoms with E-state index in [9.17, 15) is 9.36 Å². The Morgan fingerprint density at radius 3 is 2.53 bits per heavy atom. The summed E-state index contributed by atoms with van der Waals surface area (Å²) in [4.78, 5) is 28.0. The van der Waals surface area contributed by atoms with Gasteiger partial charge >= 0.3 is 13.8 Å². The van der Waals surface area contributed by atoms with E-state index in [4.69, 9.17) is 25.7 Å². The van der Waals surface area contributed by atoms with Crippen LogP contribution in [-0.4, -0.2) is 32.0 Å². The zero-order chi connectivity index (χ0) is 14.6. The van der Waals surface area contributed by atoms with Gasteiger partial charge in [0.25, 0.3) is 0 Å². The number of rotatable bonds is 6. The van der Waals surface area contributed by atoms with Crippen molar-refractivity contribution in [2.45, 2.75) is 19.1 Å². The van der Waals surface area contributed by atoms with Crippen molar-refractivity contribution >= 4 is 13.8 Å². The van der Waals surface area contributed by atoms with Gasteiger partial charge in [-0.1, -0.05) is 6.07 Å². The van der Waals surface area contributed by atoms with E-state index in [2.05, 4.69) is 4.52 Å². The first-order valence-electron chi connectivity index (χ1n) is 5.19. The number of nitrogens with two attached hydrogens (primary N) is 1. The smallest absolute Gasteiger partial charge is 0.480 e. The van der Waals surface area contributed by atoms with Crippen LogP contribution in [-0.2, 0) is 22.4 Å². The summed E-state index contributed by atoms with van der Waals surface area (Å²) in [5.41, 5.74) is 6.01. The number of aliphatic hydroxyl groups excluding tert-OH is 1. The highest BCUT2D eigenvalue weighted by Gasteiger charge is 2.19. The van der Waals surface area contributed by atoms with Gasteiger partial charge in [-0.15, -0.1) is 0 Å². The maximum absolute atomic E-state index is 10.7. The zero-order valence-electron chi connectivity index (χ0n) is 9.76. The lowest BCUT2D eigenvalue weighted by Gasteiger charge is -2.13. The summed E-state index contributed by atoms with van der Waals surface area (Å²) in [7, 11) is -4.72. The number of hydrogen-bond donors (Lipinski definition) is 5. The van der Waals surface area contributed by atoms with Crippen LogP contribution >= 0.6 is 7.82 Å². The molecule has 0 unspecified atom stereocenters. The van der Waals surface area contributed by atoms with Crippen LogP contribution < -0.4 is 10.3 Å². The molecule has 1 rings (SSSR count). The monoisotopic (exact) mass is 291 g/mol. The molecule has 0 saturated heterocycles. The van der Waals surface area contributed by atoms with Crippen molar-refractivity contribution in [2.24, 2.45) is 5.73 Å². The van der Waals surface area contributed by atoms with Gasteiger partial charge in [-0.05, 0) is 24.1 Å². The maximum atomic E-state index is 10.7. The first-order valence-corrected chi connectivity index (χ1v) is 6.72. The summed E-state index contributed by atoms with van der Waals surface area (Å²) in [5, 5.41) is 17.8. The molecule has 0 radical (unpaired) electrons. The number of carbonyl (C=O) groups is 1. The van der Waals surface area contributed by atoms with Crippen LogP contribution in [0.25, 0.3) is 0 Å². The summed E-state index contributed by atoms with van der Waals surface area (Å²) in [6.07, 6.45) is 0.0263. The largest absolute Gasteiger partial charge is 0.524 e. The van der Waals surface area contributed by atoms with E-state index in [1.165, 1.54) is 18.2 Å². The molecule has 9 heteroatoms. The van der Waals surface area contributed by atoms with E-state index in [1.807, 2.05) is 0 Å². The number of benzene rings is 1. The Labute approximate surface area is 108 Å². The molecule has 106 valence electrons. The minimum Gasteiger partial charge on any atom is -0.480 e. The van der Waals surface area contributed by atoms with Crippen LogP contribution in [0.4, 0.5) is 0 Å². The minimum atomic E-state index is -4.72. The molecule has 0 spiro atoms. The molecule has 0 saturated carbocycles. The van der Waals surface area contributed by atoms with Crippen LogP contribution in [0.15, 0.2) is 18.2 Å². The van der Waals surface area contributed by atoms with Gasteiger partial charge in [-0.3, -0.25) is 14.6 Å². The molecule has 0 aliphatic heterocycles. The van der Waals surface area contributed by atoms with Gasteiger partial charge in [0, 0.05) is 5.56 Å². The molecule has 0 heterocycles. The second-order valence-corrected chi connectivity index (χ2v) is 4.99. The van der Waals surface area contributed by atoms with Gasteiger partial charge in [0.05, 0.1) is 6.61 Å². The summed E-state index contributed by atoms with van der Waals surface area (Å²) < 4.78 is 15.1. The molecule has 1 aromatic carbocycles. The Kier molecular flexibility index (Phi) is 5.04. The topological polar surface area (TPSA) is 150 Å². The molecule has 0 fully saturated rings. The van der Waals surface area contributed by atoms with E-state index in [0.717, 1.165) is 0 Å². The Bertz CT molecular complexity index is 513. The third-order valence-electron chi connectivity index (χ3n) is 2.29. The fourth-order valence-electron chi connectivity index (χ4n) is 1.44. The second kappa shape index (κ2) is 6.14. The summed E-state index contributed by atoms with van der Waals surface area (Å²) in [6, 6.07) is 2.95. The highest BCUT2D eigenvalue weighted by Crippen LogP contribution is 2.39. The van der Waals surface area contributed by atoms with Crippen molar-refractivity contribution in [1.29, 1.82) is 0 Å². The van der Waals surface area contributed by atoms with Crippen molar-refractivity contribution in [3.05, 3.63) is 29.3 Å². The molecular formula is C10H14NO7P. The van der Waals surface area contributed by atoms with Gasteiger partial charge in [-0.2, -0.15) is 0 Å². The summed E-state index contributed by atoms with van der Waals surface area (Å²) in [5.74, 6) is -1.33. The first kappa shape index (κ1) is 15.6. The van der Waals surface area contributed by atoms with Gasteiger partial charge in [0.2, 0.25) is 0 Å². The Hall–Kier alpha value is -1.44. The van der Waals surface area contributed by atoms with Crippen molar-refractivity contribution in [1.82, 2.24) is 0 Å². The highest BCUT2D eigenvalue weighted by molar-refractivity contribution is 7.46. The summed E-state index contributed by atoms with van der Waals surface area (Å²) >= 11 is 0. The number of hydrogen-bond acceptors (Lipinski definition) is 5. The molecule has 0 aliphatic carbocycles. The third kappa shape index (κ3) is 4.98. The highest BCUT2D eigenvalue weighted by atomic mass is 31.2. The molecule has 1 aromatic rings. The number of carboxylic acids is 1. The third-order valence-corrected chi connectivity index (χ3v) is 2.72. The molecule has 0 amide bonds. The average Bonchev–Trinajstić information content (AvgIpc) is 2.29. The van der Waals surface area contributed by atoms with Gasteiger partial charge in [0.1, 0.15) is 11.8 Å². The second-order valence-electron chi connectivity index (χ2n) is 3.83. The molecule has 19 heavy (non-hydrogen) atoms. The lowest BCUT2D eigenvalue weighted by atomic mass is 10.0. The fourth-order valence-corrected chi connectivity index (χ4v) is 1.88. The Morgan fingerprint density at radius 2 is 2.05 bits per heavy atom. The fraction of sp³-hybridized carbons (Fsp3) is 0.300. The first-order chi connectivity index (χ1) is 8.73. The zero-order valence-corrected chi connectivity index (χ0v) is 10.7. The lowest BCUT2D eigenvalue weighted by molar-refractivity contribution is -0.138. The average molecular weight is 291 g/mol. The van der Waals surface area contributed by atoms with Crippen molar-refractivity contribution in [2.75, 3.05) is 0 Å². The van der Waals surface area contributed by atoms with Crippen molar-refractivity contribution < 1.29 is 33.9 Å². The normalized spacial score (nSPS) is 13.1. The Morgan fingerprint density at radius 1 is 1.42 bits per heavy atom. The van der Waals surface area contributed by atoms with E-state index in [1.54, 1.807) is 0 Å². The molecule has 6 N–H and O–H groups in total. The number of carboxylic acid groups (broad SMARTS) is 1. The SMILES string of the molecule is N[C@@H](Cc1ccc(OP(=O)(O)O)c(CO)c1)C(=O)O. The quantitative estimate of drug-likeness (QED) is 0.444. The van der Waals surface area contributed by atoms with Gasteiger partial charge in [0.15, 0.2) is 0 Å². The van der Waals surface area contributed by atoms with Gasteiger partial charge < -0.3 is 20.5 Å². The van der Waals surface area contributed by atoms with E-state index in [-0.39, 0.29) is 17.7 Å². The molecule has 1 atom stereocenters.